The molecule has 142 valence electrons. The summed E-state index contributed by atoms with van der Waals surface area (Å²) in [5.41, 5.74) is 0.209. The number of nitrogens with one attached hydrogen (secondary N) is 1. The van der Waals surface area contributed by atoms with Crippen molar-refractivity contribution >= 4 is 23.2 Å². The highest BCUT2D eigenvalue weighted by molar-refractivity contribution is 6.13. The molecule has 1 saturated heterocycles. The number of aryl methyl sites for hydroxylation is 1. The molecule has 1 aliphatic rings. The maximum Gasteiger partial charge on any atom is 0.416 e. The molecule has 0 spiro atoms. The number of carbonyl (C=O) groups is 2. The Hall–Kier alpha value is -2.90. The SMILES string of the molecule is Cc1ccc(F)c(N2CC[C@H](C(=O)Nc3ccc(C(F)(F)F)cc3)C2=O)c1. The molecular formula is C19H16F4N2O2. The first-order valence-corrected chi connectivity index (χ1v) is 8.22. The molecule has 0 saturated carbocycles. The molecule has 8 heteroatoms. The fourth-order valence-electron chi connectivity index (χ4n) is 2.96. The highest BCUT2D eigenvalue weighted by Crippen LogP contribution is 2.31. The van der Waals surface area contributed by atoms with Gasteiger partial charge in [0.05, 0.1) is 11.3 Å². The van der Waals surface area contributed by atoms with Gasteiger partial charge in [-0.2, -0.15) is 13.2 Å². The van der Waals surface area contributed by atoms with Gasteiger partial charge in [0.2, 0.25) is 11.8 Å². The van der Waals surface area contributed by atoms with Crippen molar-refractivity contribution in [2.75, 3.05) is 16.8 Å². The molecule has 0 radical (unpaired) electrons. The van der Waals surface area contributed by atoms with Gasteiger partial charge >= 0.3 is 6.18 Å². The van der Waals surface area contributed by atoms with Crippen molar-refractivity contribution in [3.05, 3.63) is 59.4 Å². The van der Waals surface area contributed by atoms with Gasteiger partial charge in [0, 0.05) is 12.2 Å². The number of hydrogen-bond acceptors (Lipinski definition) is 2. The lowest BCUT2D eigenvalue weighted by Crippen LogP contribution is -2.33. The average Bonchev–Trinajstić information content (AvgIpc) is 2.98. The fraction of sp³-hybridized carbons (Fsp3) is 0.263. The summed E-state index contributed by atoms with van der Waals surface area (Å²) in [6.45, 7) is 1.95. The number of rotatable bonds is 3. The molecule has 4 nitrogen and oxygen atoms in total. The number of carbonyl (C=O) groups excluding carboxylic acids is 2. The minimum Gasteiger partial charge on any atom is -0.325 e. The number of anilines is 2. The van der Waals surface area contributed by atoms with Crippen LogP contribution in [0, 0.1) is 18.7 Å². The Morgan fingerprint density at radius 2 is 1.81 bits per heavy atom. The van der Waals surface area contributed by atoms with Crippen LogP contribution in [0.15, 0.2) is 42.5 Å². The van der Waals surface area contributed by atoms with Crippen LogP contribution in [0.1, 0.15) is 17.5 Å². The second-order valence-corrected chi connectivity index (χ2v) is 6.35. The van der Waals surface area contributed by atoms with Gasteiger partial charge in [0.25, 0.3) is 0 Å². The van der Waals surface area contributed by atoms with E-state index in [0.29, 0.717) is 0 Å². The lowest BCUT2D eigenvalue weighted by molar-refractivity contribution is -0.137. The number of amides is 2. The number of alkyl halides is 3. The summed E-state index contributed by atoms with van der Waals surface area (Å²) in [7, 11) is 0. The molecule has 1 fully saturated rings. The summed E-state index contributed by atoms with van der Waals surface area (Å²) in [6, 6.07) is 8.31. The van der Waals surface area contributed by atoms with E-state index in [1.54, 1.807) is 13.0 Å². The summed E-state index contributed by atoms with van der Waals surface area (Å²) in [5, 5.41) is 2.44. The minimum absolute atomic E-state index is 0.116. The van der Waals surface area contributed by atoms with Crippen LogP contribution in [0.25, 0.3) is 0 Å². The van der Waals surface area contributed by atoms with Gasteiger partial charge in [-0.05, 0) is 55.3 Å². The third-order valence-corrected chi connectivity index (χ3v) is 4.39. The van der Waals surface area contributed by atoms with Crippen LogP contribution in [-0.4, -0.2) is 18.4 Å². The van der Waals surface area contributed by atoms with E-state index >= 15 is 0 Å². The zero-order valence-corrected chi connectivity index (χ0v) is 14.3. The van der Waals surface area contributed by atoms with Gasteiger partial charge in [-0.3, -0.25) is 9.59 Å². The zero-order valence-electron chi connectivity index (χ0n) is 14.3. The summed E-state index contributed by atoms with van der Waals surface area (Å²) in [5.74, 6) is -2.75. The van der Waals surface area contributed by atoms with Crippen molar-refractivity contribution in [1.82, 2.24) is 0 Å². The third-order valence-electron chi connectivity index (χ3n) is 4.39. The van der Waals surface area contributed by atoms with Crippen molar-refractivity contribution in [3.8, 4) is 0 Å². The van der Waals surface area contributed by atoms with Gasteiger partial charge in [-0.25, -0.2) is 4.39 Å². The first kappa shape index (κ1) is 18.9. The molecule has 2 aromatic rings. The Labute approximate surface area is 152 Å². The first-order chi connectivity index (χ1) is 12.7. The predicted molar refractivity (Wildman–Crippen MR) is 91.7 cm³/mol. The summed E-state index contributed by atoms with van der Waals surface area (Å²) in [4.78, 5) is 26.1. The van der Waals surface area contributed by atoms with E-state index in [9.17, 15) is 27.2 Å². The van der Waals surface area contributed by atoms with E-state index in [1.807, 2.05) is 0 Å². The summed E-state index contributed by atoms with van der Waals surface area (Å²) in [6.07, 6.45) is -4.28. The van der Waals surface area contributed by atoms with Crippen LogP contribution in [0.4, 0.5) is 28.9 Å². The second kappa shape index (κ2) is 7.02. The topological polar surface area (TPSA) is 49.4 Å². The Morgan fingerprint density at radius 3 is 2.44 bits per heavy atom. The summed E-state index contributed by atoms with van der Waals surface area (Å²) >= 11 is 0. The van der Waals surface area contributed by atoms with Gasteiger partial charge in [0.1, 0.15) is 11.7 Å². The van der Waals surface area contributed by atoms with E-state index in [2.05, 4.69) is 5.32 Å². The van der Waals surface area contributed by atoms with Crippen LogP contribution >= 0.6 is 0 Å². The van der Waals surface area contributed by atoms with E-state index in [-0.39, 0.29) is 24.3 Å². The van der Waals surface area contributed by atoms with Crippen molar-refractivity contribution in [3.63, 3.8) is 0 Å². The Balaban J connectivity index is 1.71. The molecule has 0 aromatic heterocycles. The molecule has 1 N–H and O–H groups in total. The first-order valence-electron chi connectivity index (χ1n) is 8.22. The van der Waals surface area contributed by atoms with Gasteiger partial charge < -0.3 is 10.2 Å². The van der Waals surface area contributed by atoms with Crippen molar-refractivity contribution in [1.29, 1.82) is 0 Å². The molecule has 2 aromatic carbocycles. The fourth-order valence-corrected chi connectivity index (χ4v) is 2.96. The molecule has 0 aliphatic carbocycles. The maximum absolute atomic E-state index is 14.0. The lowest BCUT2D eigenvalue weighted by Gasteiger charge is -2.18. The molecule has 1 atom stereocenters. The molecule has 0 unspecified atom stereocenters. The van der Waals surface area contributed by atoms with E-state index in [4.69, 9.17) is 0 Å². The second-order valence-electron chi connectivity index (χ2n) is 6.35. The smallest absolute Gasteiger partial charge is 0.325 e. The van der Waals surface area contributed by atoms with Gasteiger partial charge in [-0.15, -0.1) is 0 Å². The van der Waals surface area contributed by atoms with E-state index < -0.39 is 35.3 Å². The molecule has 3 rings (SSSR count). The van der Waals surface area contributed by atoms with Crippen LogP contribution in [0.5, 0.6) is 0 Å². The monoisotopic (exact) mass is 380 g/mol. The van der Waals surface area contributed by atoms with Crippen LogP contribution in [-0.2, 0) is 15.8 Å². The molecule has 1 aliphatic heterocycles. The number of halogens is 4. The lowest BCUT2D eigenvalue weighted by atomic mass is 10.1. The summed E-state index contributed by atoms with van der Waals surface area (Å²) < 4.78 is 51.7. The van der Waals surface area contributed by atoms with Crippen LogP contribution in [0.2, 0.25) is 0 Å². The van der Waals surface area contributed by atoms with Crippen LogP contribution < -0.4 is 10.2 Å². The average molecular weight is 380 g/mol. The quantitative estimate of drug-likeness (QED) is 0.643. The minimum atomic E-state index is -4.47. The standard InChI is InChI=1S/C19H16F4N2O2/c1-11-2-7-15(20)16(10-11)25-9-8-14(18(25)27)17(26)24-13-5-3-12(4-6-13)19(21,22)23/h2-7,10,14H,8-9H2,1H3,(H,24,26)/t14-/m1/s1. The van der Waals surface area contributed by atoms with E-state index in [0.717, 1.165) is 29.8 Å². The molecule has 2 amide bonds. The maximum atomic E-state index is 14.0. The van der Waals surface area contributed by atoms with Crippen molar-refractivity contribution < 1.29 is 27.2 Å². The van der Waals surface area contributed by atoms with E-state index in [1.165, 1.54) is 17.0 Å². The largest absolute Gasteiger partial charge is 0.416 e. The normalized spacial score (nSPS) is 17.3. The third kappa shape index (κ3) is 3.94. The Morgan fingerprint density at radius 1 is 1.15 bits per heavy atom. The molecule has 27 heavy (non-hydrogen) atoms. The zero-order chi connectivity index (χ0) is 19.8. The highest BCUT2D eigenvalue weighted by atomic mass is 19.4. The van der Waals surface area contributed by atoms with Gasteiger partial charge in [0.15, 0.2) is 0 Å². The number of hydrogen-bond donors (Lipinski definition) is 1. The molecule has 0 bridgehead atoms. The number of nitrogens with zero attached hydrogens (tertiary/aromatic N) is 1. The predicted octanol–water partition coefficient (Wildman–Crippen LogP) is 4.14. The molecule has 1 heterocycles. The highest BCUT2D eigenvalue weighted by Gasteiger charge is 2.38. The Bertz CT molecular complexity index is 878. The van der Waals surface area contributed by atoms with Crippen molar-refractivity contribution in [2.24, 2.45) is 5.92 Å². The van der Waals surface area contributed by atoms with Crippen molar-refractivity contribution in [2.45, 2.75) is 19.5 Å². The molecular weight excluding hydrogens is 364 g/mol. The van der Waals surface area contributed by atoms with Gasteiger partial charge in [-0.1, -0.05) is 6.07 Å². The number of benzene rings is 2. The van der Waals surface area contributed by atoms with Crippen LogP contribution in [0.3, 0.4) is 0 Å². The Kier molecular flexibility index (Phi) is 4.91.